The van der Waals surface area contributed by atoms with Gasteiger partial charge in [-0.25, -0.2) is 4.79 Å². The number of hydrogen-bond donors (Lipinski definition) is 0. The molecule has 2 saturated carbocycles. The van der Waals surface area contributed by atoms with E-state index in [1.165, 1.54) is 32.8 Å². The van der Waals surface area contributed by atoms with E-state index in [1.807, 2.05) is 18.2 Å². The zero-order valence-corrected chi connectivity index (χ0v) is 29.9. The molecule has 0 radical (unpaired) electrons. The molecule has 2 aliphatic heterocycles. The van der Waals surface area contributed by atoms with E-state index in [2.05, 4.69) is 31.2 Å². The number of carbonyl (C=O) groups is 2. The van der Waals surface area contributed by atoms with Gasteiger partial charge in [0, 0.05) is 32.0 Å². The Kier molecular flexibility index (Phi) is 15.7. The molecule has 49 heavy (non-hydrogen) atoms. The number of allylic oxidation sites excluding steroid dienone is 2. The van der Waals surface area contributed by atoms with Crippen molar-refractivity contribution in [2.45, 2.75) is 141 Å². The molecule has 1 aromatic rings. The third kappa shape index (κ3) is 11.8. The van der Waals surface area contributed by atoms with Gasteiger partial charge >= 0.3 is 11.9 Å². The van der Waals surface area contributed by atoms with Crippen molar-refractivity contribution < 1.29 is 38.0 Å². The van der Waals surface area contributed by atoms with Crippen LogP contribution in [0.4, 0.5) is 0 Å². The van der Waals surface area contributed by atoms with Crippen LogP contribution >= 0.6 is 0 Å². The molecule has 4 unspecified atom stereocenters. The van der Waals surface area contributed by atoms with Gasteiger partial charge in [0.15, 0.2) is 12.6 Å². The highest BCUT2D eigenvalue weighted by Crippen LogP contribution is 2.43. The summed E-state index contributed by atoms with van der Waals surface area (Å²) in [5.74, 6) is 0.718. The highest BCUT2D eigenvalue weighted by atomic mass is 16.7. The molecule has 4 fully saturated rings. The fourth-order valence-corrected chi connectivity index (χ4v) is 8.20. The van der Waals surface area contributed by atoms with Crippen LogP contribution in [-0.2, 0) is 33.2 Å². The fourth-order valence-electron chi connectivity index (χ4n) is 8.20. The number of esters is 2. The largest absolute Gasteiger partial charge is 0.469 e. The van der Waals surface area contributed by atoms with Crippen LogP contribution in [-0.4, -0.2) is 63.2 Å². The Morgan fingerprint density at radius 3 is 2.41 bits per heavy atom. The summed E-state index contributed by atoms with van der Waals surface area (Å²) in [5, 5.41) is 0. The SMILES string of the molecule is CCCC1CCC([C@@H](/C=C/[C@@H]2[C@@H](C/C=C\CCCC(=O)OC)[C@@H](OC3CCCCO3)C[C@H]2OC(=O)c2ccccc2)OC2CCCCO2)C1. The summed E-state index contributed by atoms with van der Waals surface area (Å²) < 4.78 is 36.7. The van der Waals surface area contributed by atoms with Gasteiger partial charge in [-0.1, -0.05) is 68.7 Å². The first-order valence-electron chi connectivity index (χ1n) is 19.2. The lowest BCUT2D eigenvalue weighted by atomic mass is 9.88. The topological polar surface area (TPSA) is 89.5 Å². The summed E-state index contributed by atoms with van der Waals surface area (Å²) in [7, 11) is 1.43. The summed E-state index contributed by atoms with van der Waals surface area (Å²) in [6, 6.07) is 9.25. The Balaban J connectivity index is 1.38. The second kappa shape index (κ2) is 20.4. The molecule has 0 spiro atoms. The molecule has 0 amide bonds. The monoisotopic (exact) mass is 680 g/mol. The molecule has 2 heterocycles. The highest BCUT2D eigenvalue weighted by molar-refractivity contribution is 5.89. The van der Waals surface area contributed by atoms with Crippen LogP contribution in [0.2, 0.25) is 0 Å². The minimum Gasteiger partial charge on any atom is -0.469 e. The van der Waals surface area contributed by atoms with E-state index in [0.717, 1.165) is 76.7 Å². The zero-order valence-electron chi connectivity index (χ0n) is 29.9. The van der Waals surface area contributed by atoms with Gasteiger partial charge in [0.1, 0.15) is 6.10 Å². The number of hydrogen-bond acceptors (Lipinski definition) is 8. The summed E-state index contributed by atoms with van der Waals surface area (Å²) >= 11 is 0. The molecule has 8 heteroatoms. The van der Waals surface area contributed by atoms with Crippen LogP contribution in [0.5, 0.6) is 0 Å². The normalized spacial score (nSPS) is 31.3. The summed E-state index contributed by atoms with van der Waals surface area (Å²) in [4.78, 5) is 25.1. The second-order valence-corrected chi connectivity index (χ2v) is 14.4. The van der Waals surface area contributed by atoms with Crippen LogP contribution in [0.3, 0.4) is 0 Å². The lowest BCUT2D eigenvalue weighted by Gasteiger charge is -2.31. The Morgan fingerprint density at radius 2 is 1.69 bits per heavy atom. The van der Waals surface area contributed by atoms with Crippen molar-refractivity contribution in [3.63, 3.8) is 0 Å². The molecule has 5 rings (SSSR count). The molecule has 9 atom stereocenters. The van der Waals surface area contributed by atoms with E-state index in [9.17, 15) is 9.59 Å². The third-order valence-electron chi connectivity index (χ3n) is 10.9. The third-order valence-corrected chi connectivity index (χ3v) is 10.9. The van der Waals surface area contributed by atoms with E-state index >= 15 is 0 Å². The van der Waals surface area contributed by atoms with E-state index in [-0.39, 0.29) is 54.7 Å². The maximum Gasteiger partial charge on any atom is 0.338 e. The number of benzene rings is 1. The maximum absolute atomic E-state index is 13.5. The van der Waals surface area contributed by atoms with Gasteiger partial charge in [-0.3, -0.25) is 4.79 Å². The Bertz CT molecular complexity index is 1170. The Morgan fingerprint density at radius 1 is 0.918 bits per heavy atom. The number of carbonyl (C=O) groups excluding carboxylic acids is 2. The van der Waals surface area contributed by atoms with Crippen molar-refractivity contribution in [2.24, 2.45) is 23.7 Å². The van der Waals surface area contributed by atoms with E-state index in [1.54, 1.807) is 12.1 Å². The molecule has 0 bridgehead atoms. The van der Waals surface area contributed by atoms with Crippen LogP contribution in [0.25, 0.3) is 0 Å². The molecular formula is C41H60O8. The summed E-state index contributed by atoms with van der Waals surface area (Å²) in [6.07, 6.45) is 23.5. The van der Waals surface area contributed by atoms with E-state index in [0.29, 0.717) is 30.9 Å². The van der Waals surface area contributed by atoms with Gasteiger partial charge in [0.2, 0.25) is 0 Å². The van der Waals surface area contributed by atoms with Gasteiger partial charge in [-0.2, -0.15) is 0 Å². The molecule has 1 aromatic carbocycles. The summed E-state index contributed by atoms with van der Waals surface area (Å²) in [6.45, 7) is 3.74. The van der Waals surface area contributed by atoms with Gasteiger partial charge < -0.3 is 28.4 Å². The lowest BCUT2D eigenvalue weighted by Crippen LogP contribution is -2.32. The lowest BCUT2D eigenvalue weighted by molar-refractivity contribution is -0.195. The second-order valence-electron chi connectivity index (χ2n) is 14.4. The fraction of sp³-hybridized carbons (Fsp3) is 0.707. The van der Waals surface area contributed by atoms with E-state index in [4.69, 9.17) is 28.4 Å². The summed E-state index contributed by atoms with van der Waals surface area (Å²) in [5.41, 5.74) is 0.552. The highest BCUT2D eigenvalue weighted by Gasteiger charge is 2.46. The molecule has 8 nitrogen and oxygen atoms in total. The minimum absolute atomic E-state index is 0.0495. The first kappa shape index (κ1) is 37.7. The molecular weight excluding hydrogens is 620 g/mol. The number of methoxy groups -OCH3 is 1. The minimum atomic E-state index is -0.349. The predicted molar refractivity (Wildman–Crippen MR) is 189 cm³/mol. The number of rotatable bonds is 17. The predicted octanol–water partition coefficient (Wildman–Crippen LogP) is 8.73. The Labute approximate surface area is 294 Å². The zero-order chi connectivity index (χ0) is 34.3. The quantitative estimate of drug-likeness (QED) is 0.0917. The molecule has 2 aliphatic carbocycles. The molecule has 2 saturated heterocycles. The van der Waals surface area contributed by atoms with Gasteiger partial charge in [-0.15, -0.1) is 0 Å². The maximum atomic E-state index is 13.5. The smallest absolute Gasteiger partial charge is 0.338 e. The van der Waals surface area contributed by atoms with Gasteiger partial charge in [0.05, 0.1) is 24.9 Å². The van der Waals surface area contributed by atoms with Gasteiger partial charge in [-0.05, 0) is 101 Å². The molecule has 0 aromatic heterocycles. The first-order valence-corrected chi connectivity index (χ1v) is 19.2. The van der Waals surface area contributed by atoms with Crippen LogP contribution in [0.1, 0.15) is 120 Å². The van der Waals surface area contributed by atoms with Crippen molar-refractivity contribution in [1.29, 1.82) is 0 Å². The van der Waals surface area contributed by atoms with E-state index < -0.39 is 0 Å². The van der Waals surface area contributed by atoms with Crippen molar-refractivity contribution in [2.75, 3.05) is 20.3 Å². The van der Waals surface area contributed by atoms with Crippen molar-refractivity contribution in [1.82, 2.24) is 0 Å². The number of unbranched alkanes of at least 4 members (excludes halogenated alkanes) is 1. The van der Waals surface area contributed by atoms with Crippen LogP contribution < -0.4 is 0 Å². The first-order chi connectivity index (χ1) is 24.0. The molecule has 0 N–H and O–H groups in total. The Hall–Kier alpha value is -2.52. The average Bonchev–Trinajstić information content (AvgIpc) is 3.73. The van der Waals surface area contributed by atoms with Crippen molar-refractivity contribution in [3.8, 4) is 0 Å². The van der Waals surface area contributed by atoms with Crippen molar-refractivity contribution in [3.05, 3.63) is 60.2 Å². The van der Waals surface area contributed by atoms with Gasteiger partial charge in [0.25, 0.3) is 0 Å². The average molecular weight is 681 g/mol. The standard InChI is InChI=1S/C41H60O8/c1-3-15-30-22-23-32(28-30)35(47-39-20-11-13-26-45-39)25-24-34-33(18-9-4-5-10-19-38(42)44-2)36(48-40-21-12-14-27-46-40)29-37(34)49-41(43)31-16-7-6-8-17-31/h4,6-9,16-17,24-25,30,32-37,39-40H,3,5,10-15,18-23,26-29H2,1-2H3/b9-4-,25-24+/t30?,32?,33-,34-,35-,36+,37-,39?,40?/m1/s1. The number of ether oxygens (including phenoxy) is 6. The van der Waals surface area contributed by atoms with Crippen LogP contribution in [0, 0.1) is 23.7 Å². The van der Waals surface area contributed by atoms with Crippen LogP contribution in [0.15, 0.2) is 54.6 Å². The van der Waals surface area contributed by atoms with Crippen molar-refractivity contribution >= 4 is 11.9 Å². The molecule has 4 aliphatic rings. The molecule has 272 valence electrons.